The van der Waals surface area contributed by atoms with Crippen molar-refractivity contribution in [2.45, 2.75) is 38.7 Å². The first kappa shape index (κ1) is 13.0. The van der Waals surface area contributed by atoms with Gasteiger partial charge in [-0.2, -0.15) is 5.10 Å². The van der Waals surface area contributed by atoms with E-state index in [0.29, 0.717) is 5.69 Å². The van der Waals surface area contributed by atoms with Crippen molar-refractivity contribution >= 4 is 14.0 Å². The maximum absolute atomic E-state index is 11.2. The van der Waals surface area contributed by atoms with Crippen molar-refractivity contribution in [3.63, 3.8) is 0 Å². The number of rotatable bonds is 5. The highest BCUT2D eigenvalue weighted by molar-refractivity contribution is 6.76. The van der Waals surface area contributed by atoms with Gasteiger partial charge < -0.3 is 4.74 Å². The molecule has 0 spiro atoms. The largest absolute Gasteiger partial charge is 0.464 e. The van der Waals surface area contributed by atoms with Gasteiger partial charge >= 0.3 is 5.97 Å². The van der Waals surface area contributed by atoms with Gasteiger partial charge in [-0.1, -0.05) is 25.7 Å². The van der Waals surface area contributed by atoms with E-state index in [0.717, 1.165) is 13.0 Å². The first-order valence-electron chi connectivity index (χ1n) is 5.54. The number of carbonyl (C=O) groups excluding carboxylic acids is 1. The normalized spacial score (nSPS) is 11.5. The molecule has 1 heterocycles. The zero-order valence-corrected chi connectivity index (χ0v) is 11.5. The molecule has 0 N–H and O–H groups in total. The molecule has 0 aliphatic rings. The molecule has 0 amide bonds. The number of aryl methyl sites for hydroxylation is 1. The molecule has 0 bridgehead atoms. The zero-order chi connectivity index (χ0) is 12.2. The smallest absolute Gasteiger partial charge is 0.358 e. The van der Waals surface area contributed by atoms with Gasteiger partial charge in [-0.05, 0) is 12.5 Å². The number of hydrogen-bond donors (Lipinski definition) is 0. The molecule has 0 aliphatic carbocycles. The highest BCUT2D eigenvalue weighted by Crippen LogP contribution is 2.11. The van der Waals surface area contributed by atoms with Gasteiger partial charge in [-0.15, -0.1) is 0 Å². The van der Waals surface area contributed by atoms with Crippen LogP contribution in [0.1, 0.15) is 16.9 Å². The monoisotopic (exact) mass is 240 g/mol. The molecule has 0 aromatic carbocycles. The lowest BCUT2D eigenvalue weighted by Gasteiger charge is -2.14. The number of methoxy groups -OCH3 is 1. The lowest BCUT2D eigenvalue weighted by atomic mass is 10.4. The summed E-state index contributed by atoms with van der Waals surface area (Å²) >= 11 is 0. The highest BCUT2D eigenvalue weighted by atomic mass is 28.3. The molecule has 0 fully saturated rings. The van der Waals surface area contributed by atoms with E-state index in [1.165, 1.54) is 13.2 Å². The van der Waals surface area contributed by atoms with E-state index in [2.05, 4.69) is 29.5 Å². The second-order valence-electron chi connectivity index (χ2n) is 5.12. The van der Waals surface area contributed by atoms with E-state index in [4.69, 9.17) is 0 Å². The van der Waals surface area contributed by atoms with Gasteiger partial charge in [0, 0.05) is 20.8 Å². The van der Waals surface area contributed by atoms with Crippen molar-refractivity contribution < 1.29 is 9.53 Å². The van der Waals surface area contributed by atoms with Crippen molar-refractivity contribution in [2.24, 2.45) is 0 Å². The Balaban J connectivity index is 2.44. The fourth-order valence-corrected chi connectivity index (χ4v) is 2.69. The van der Waals surface area contributed by atoms with Gasteiger partial charge in [0.1, 0.15) is 0 Å². The maximum Gasteiger partial charge on any atom is 0.358 e. The van der Waals surface area contributed by atoms with E-state index >= 15 is 0 Å². The van der Waals surface area contributed by atoms with Crippen LogP contribution in [0.3, 0.4) is 0 Å². The third-order valence-corrected chi connectivity index (χ3v) is 4.20. The molecule has 4 nitrogen and oxygen atoms in total. The van der Waals surface area contributed by atoms with Crippen LogP contribution in [0.25, 0.3) is 0 Å². The summed E-state index contributed by atoms with van der Waals surface area (Å²) in [4.78, 5) is 11.2. The summed E-state index contributed by atoms with van der Waals surface area (Å²) in [5.74, 6) is -0.371. The van der Waals surface area contributed by atoms with Crippen molar-refractivity contribution in [2.75, 3.05) is 7.11 Å². The van der Waals surface area contributed by atoms with Crippen LogP contribution in [0.2, 0.25) is 25.7 Å². The summed E-state index contributed by atoms with van der Waals surface area (Å²) in [5.41, 5.74) is 0.385. The number of esters is 1. The Bertz CT molecular complexity index is 355. The van der Waals surface area contributed by atoms with E-state index in [-0.39, 0.29) is 5.97 Å². The second-order valence-corrected chi connectivity index (χ2v) is 10.7. The van der Waals surface area contributed by atoms with Gasteiger partial charge in [0.2, 0.25) is 0 Å². The number of ether oxygens (including phenoxy) is 1. The molecule has 0 atom stereocenters. The molecule has 90 valence electrons. The van der Waals surface area contributed by atoms with E-state index in [1.807, 2.05) is 10.9 Å². The molecule has 0 saturated carbocycles. The zero-order valence-electron chi connectivity index (χ0n) is 10.5. The molecular weight excluding hydrogens is 220 g/mol. The molecular formula is C11H20N2O2Si. The van der Waals surface area contributed by atoms with E-state index in [1.54, 1.807) is 6.07 Å². The van der Waals surface area contributed by atoms with Gasteiger partial charge in [0.15, 0.2) is 5.69 Å². The van der Waals surface area contributed by atoms with E-state index < -0.39 is 8.07 Å². The van der Waals surface area contributed by atoms with Crippen molar-refractivity contribution in [1.82, 2.24) is 9.78 Å². The molecule has 0 unspecified atom stereocenters. The minimum absolute atomic E-state index is 0.371. The van der Waals surface area contributed by atoms with Crippen LogP contribution in [0, 0.1) is 0 Å². The second kappa shape index (κ2) is 5.29. The Labute approximate surface area is 97.6 Å². The minimum atomic E-state index is -0.966. The maximum atomic E-state index is 11.2. The van der Waals surface area contributed by atoms with Crippen LogP contribution < -0.4 is 0 Å². The average Bonchev–Trinajstić information content (AvgIpc) is 2.63. The SMILES string of the molecule is COC(=O)c1ccn(CCC[Si](C)(C)C)n1. The van der Waals surface area contributed by atoms with Crippen LogP contribution in [0.4, 0.5) is 0 Å². The molecule has 1 aromatic heterocycles. The summed E-state index contributed by atoms with van der Waals surface area (Å²) in [6.07, 6.45) is 2.95. The first-order valence-corrected chi connectivity index (χ1v) is 9.25. The van der Waals surface area contributed by atoms with Gasteiger partial charge in [-0.3, -0.25) is 4.68 Å². The third kappa shape index (κ3) is 4.18. The Morgan fingerprint density at radius 2 is 2.19 bits per heavy atom. The van der Waals surface area contributed by atoms with Crippen molar-refractivity contribution in [1.29, 1.82) is 0 Å². The molecule has 0 radical (unpaired) electrons. The standard InChI is InChI=1S/C11H20N2O2Si/c1-15-11(14)10-6-8-13(12-10)7-5-9-16(2,3)4/h6,8H,5,7,9H2,1-4H3. The van der Waals surface area contributed by atoms with Crippen LogP contribution in [-0.2, 0) is 11.3 Å². The summed E-state index contributed by atoms with van der Waals surface area (Å²) in [7, 11) is 0.402. The topological polar surface area (TPSA) is 44.1 Å². The number of hydrogen-bond acceptors (Lipinski definition) is 3. The van der Waals surface area contributed by atoms with Crippen LogP contribution in [0.5, 0.6) is 0 Å². The molecule has 0 saturated heterocycles. The van der Waals surface area contributed by atoms with Gasteiger partial charge in [0.25, 0.3) is 0 Å². The minimum Gasteiger partial charge on any atom is -0.464 e. The van der Waals surface area contributed by atoms with Gasteiger partial charge in [-0.25, -0.2) is 4.79 Å². The predicted octanol–water partition coefficient (Wildman–Crippen LogP) is 2.40. The fourth-order valence-electron chi connectivity index (χ4n) is 1.47. The molecule has 1 aromatic rings. The number of nitrogens with zero attached hydrogens (tertiary/aromatic N) is 2. The summed E-state index contributed by atoms with van der Waals surface area (Å²) in [5, 5.41) is 4.16. The predicted molar refractivity (Wildman–Crippen MR) is 66.3 cm³/mol. The summed E-state index contributed by atoms with van der Waals surface area (Å²) in [6, 6.07) is 2.97. The van der Waals surface area contributed by atoms with Crippen LogP contribution in [-0.4, -0.2) is 30.9 Å². The summed E-state index contributed by atoms with van der Waals surface area (Å²) < 4.78 is 6.41. The fraction of sp³-hybridized carbons (Fsp3) is 0.636. The lowest BCUT2D eigenvalue weighted by molar-refractivity contribution is 0.0593. The van der Waals surface area contributed by atoms with Crippen LogP contribution >= 0.6 is 0 Å². The van der Waals surface area contributed by atoms with Gasteiger partial charge in [0.05, 0.1) is 7.11 Å². The first-order chi connectivity index (χ1) is 7.42. The van der Waals surface area contributed by atoms with Crippen LogP contribution in [0.15, 0.2) is 12.3 Å². The Morgan fingerprint density at radius 1 is 1.50 bits per heavy atom. The Hall–Kier alpha value is -1.10. The van der Waals surface area contributed by atoms with Crippen molar-refractivity contribution in [3.8, 4) is 0 Å². The summed E-state index contributed by atoms with van der Waals surface area (Å²) in [6.45, 7) is 7.95. The third-order valence-electron chi connectivity index (χ3n) is 2.35. The molecule has 1 rings (SSSR count). The van der Waals surface area contributed by atoms with E-state index in [9.17, 15) is 4.79 Å². The molecule has 5 heteroatoms. The molecule has 16 heavy (non-hydrogen) atoms. The lowest BCUT2D eigenvalue weighted by Crippen LogP contribution is -2.19. The average molecular weight is 240 g/mol. The molecule has 0 aliphatic heterocycles. The number of aromatic nitrogens is 2. The number of carbonyl (C=O) groups is 1. The highest BCUT2D eigenvalue weighted by Gasteiger charge is 2.13. The quantitative estimate of drug-likeness (QED) is 0.586. The van der Waals surface area contributed by atoms with Crippen molar-refractivity contribution in [3.05, 3.63) is 18.0 Å². The Morgan fingerprint density at radius 3 is 2.75 bits per heavy atom. The Kier molecular flexibility index (Phi) is 4.29.